The lowest BCUT2D eigenvalue weighted by molar-refractivity contribution is -0.137. The Kier molecular flexibility index (Phi) is 7.26. The van der Waals surface area contributed by atoms with Crippen molar-refractivity contribution < 1.29 is 19.1 Å². The van der Waals surface area contributed by atoms with Gasteiger partial charge in [0.15, 0.2) is 0 Å². The van der Waals surface area contributed by atoms with Gasteiger partial charge in [0.05, 0.1) is 11.4 Å². The van der Waals surface area contributed by atoms with Crippen molar-refractivity contribution in [3.8, 4) is 11.3 Å². The normalized spacial score (nSPS) is 11.2. The third-order valence-corrected chi connectivity index (χ3v) is 4.67. The van der Waals surface area contributed by atoms with Gasteiger partial charge >= 0.3 is 5.97 Å². The Morgan fingerprint density at radius 2 is 2.00 bits per heavy atom. The van der Waals surface area contributed by atoms with Crippen LogP contribution in [0.25, 0.3) is 17.4 Å². The van der Waals surface area contributed by atoms with Crippen LogP contribution in [-0.2, 0) is 9.59 Å². The molecule has 1 aromatic carbocycles. The average Bonchev–Trinajstić information content (AvgIpc) is 3.04. The first kappa shape index (κ1) is 20.0. The van der Waals surface area contributed by atoms with Gasteiger partial charge in [0.1, 0.15) is 15.8 Å². The Morgan fingerprint density at radius 3 is 2.62 bits per heavy atom. The molecule has 1 heterocycles. The van der Waals surface area contributed by atoms with E-state index in [4.69, 9.17) is 39.1 Å². The van der Waals surface area contributed by atoms with E-state index >= 15 is 0 Å². The molecule has 0 atom stereocenters. The molecular weight excluding hydrogens is 396 g/mol. The molecule has 3 N–H and O–H groups in total. The molecule has 0 spiro atoms. The fraction of sp³-hybridized carbons (Fsp3) is 0.118. The molecule has 1 amide bonds. The molecule has 2 rings (SSSR count). The molecule has 0 fully saturated rings. The first-order chi connectivity index (χ1) is 12.4. The molecule has 0 aliphatic heterocycles. The first-order valence-corrected chi connectivity index (χ1v) is 8.98. The highest BCUT2D eigenvalue weighted by molar-refractivity contribution is 8.25. The zero-order chi connectivity index (χ0) is 19.1. The number of thioether (sulfide) groups is 1. The van der Waals surface area contributed by atoms with Crippen LogP contribution in [0.5, 0.6) is 0 Å². The van der Waals surface area contributed by atoms with Crippen LogP contribution in [0.15, 0.2) is 45.8 Å². The number of rotatable bonds is 7. The molecule has 0 saturated carbocycles. The van der Waals surface area contributed by atoms with Crippen molar-refractivity contribution >= 4 is 58.4 Å². The van der Waals surface area contributed by atoms with Gasteiger partial charge in [-0.2, -0.15) is 0 Å². The Morgan fingerprint density at radius 1 is 1.31 bits per heavy atom. The van der Waals surface area contributed by atoms with Crippen LogP contribution in [0.4, 0.5) is 0 Å². The summed E-state index contributed by atoms with van der Waals surface area (Å²) in [5, 5.41) is 9.63. The highest BCUT2D eigenvalue weighted by atomic mass is 35.5. The van der Waals surface area contributed by atoms with Crippen LogP contribution in [0, 0.1) is 0 Å². The van der Waals surface area contributed by atoms with Crippen LogP contribution in [0.1, 0.15) is 12.2 Å². The lowest BCUT2D eigenvalue weighted by atomic mass is 10.2. The van der Waals surface area contributed by atoms with E-state index in [1.165, 1.54) is 0 Å². The molecular formula is C17H15ClN2O4S2. The summed E-state index contributed by atoms with van der Waals surface area (Å²) in [5.41, 5.74) is 6.79. The van der Waals surface area contributed by atoms with E-state index in [0.29, 0.717) is 28.0 Å². The van der Waals surface area contributed by atoms with Crippen molar-refractivity contribution in [3.63, 3.8) is 0 Å². The Bertz CT molecular complexity index is 834. The molecule has 0 saturated heterocycles. The zero-order valence-electron chi connectivity index (χ0n) is 13.4. The second-order valence-electron chi connectivity index (χ2n) is 5.07. The maximum absolute atomic E-state index is 11.0. The Balaban J connectivity index is 2.02. The zero-order valence-corrected chi connectivity index (χ0v) is 15.8. The second-order valence-corrected chi connectivity index (χ2v) is 7.21. The van der Waals surface area contributed by atoms with Gasteiger partial charge in [-0.25, -0.2) is 0 Å². The average molecular weight is 411 g/mol. The van der Waals surface area contributed by atoms with E-state index in [1.807, 2.05) is 12.1 Å². The fourth-order valence-corrected chi connectivity index (χ4v) is 3.11. The minimum atomic E-state index is -1.02. The van der Waals surface area contributed by atoms with E-state index < -0.39 is 5.97 Å². The third-order valence-electron chi connectivity index (χ3n) is 3.17. The van der Waals surface area contributed by atoms with Gasteiger partial charge in [0.25, 0.3) is 0 Å². The topological polar surface area (TPSA) is 96.8 Å². The summed E-state index contributed by atoms with van der Waals surface area (Å²) >= 11 is 12.0. The maximum Gasteiger partial charge on any atom is 0.305 e. The largest absolute Gasteiger partial charge is 0.481 e. The van der Waals surface area contributed by atoms with Gasteiger partial charge in [0.2, 0.25) is 6.41 Å². The number of carboxylic acids is 1. The lowest BCUT2D eigenvalue weighted by Gasteiger charge is -2.16. The molecule has 136 valence electrons. The van der Waals surface area contributed by atoms with Crippen LogP contribution < -0.4 is 5.73 Å². The van der Waals surface area contributed by atoms with Crippen LogP contribution in [0.3, 0.4) is 0 Å². The van der Waals surface area contributed by atoms with Gasteiger partial charge in [-0.15, -0.1) is 0 Å². The predicted octanol–water partition coefficient (Wildman–Crippen LogP) is 3.81. The minimum absolute atomic E-state index is 0.0145. The SMILES string of the molecule is N/C(=C\c1ccc(-c2ccc(Cl)cc2)o1)SC(=S)N(C=O)CCC(=O)O. The molecule has 6 nitrogen and oxygen atoms in total. The molecule has 1 aromatic heterocycles. The number of amides is 1. The second kappa shape index (κ2) is 9.42. The number of carboxylic acid groups (broad SMARTS) is 1. The molecule has 0 aliphatic rings. The predicted molar refractivity (Wildman–Crippen MR) is 107 cm³/mol. The molecule has 26 heavy (non-hydrogen) atoms. The quantitative estimate of drug-likeness (QED) is 0.529. The summed E-state index contributed by atoms with van der Waals surface area (Å²) in [6.45, 7) is -0.0145. The Labute approximate surface area is 164 Å². The molecule has 0 unspecified atom stereocenters. The maximum atomic E-state index is 11.0. The van der Waals surface area contributed by atoms with Gasteiger partial charge in [0, 0.05) is 23.2 Å². The number of carbonyl (C=O) groups excluding carboxylic acids is 1. The first-order valence-electron chi connectivity index (χ1n) is 7.37. The number of hydrogen-bond acceptors (Lipinski definition) is 6. The molecule has 9 heteroatoms. The number of aliphatic carboxylic acids is 1. The number of hydrogen-bond donors (Lipinski definition) is 2. The minimum Gasteiger partial charge on any atom is -0.481 e. The van der Waals surface area contributed by atoms with E-state index in [1.54, 1.807) is 30.3 Å². The van der Waals surface area contributed by atoms with Crippen molar-refractivity contribution in [3.05, 3.63) is 52.2 Å². The van der Waals surface area contributed by atoms with Crippen molar-refractivity contribution in [2.45, 2.75) is 6.42 Å². The van der Waals surface area contributed by atoms with Crippen molar-refractivity contribution in [2.75, 3.05) is 6.54 Å². The van der Waals surface area contributed by atoms with Crippen molar-refractivity contribution in [1.82, 2.24) is 4.90 Å². The molecule has 0 radical (unpaired) electrons. The number of carbonyl (C=O) groups is 2. The van der Waals surface area contributed by atoms with Crippen LogP contribution >= 0.6 is 35.6 Å². The Hall–Kier alpha value is -2.29. The van der Waals surface area contributed by atoms with Crippen LogP contribution in [-0.4, -0.2) is 33.3 Å². The number of nitrogens with two attached hydrogens (primary N) is 1. The number of thiocarbonyl (C=S) groups is 1. The molecule has 0 aliphatic carbocycles. The lowest BCUT2D eigenvalue weighted by Crippen LogP contribution is -2.28. The summed E-state index contributed by atoms with van der Waals surface area (Å²) in [4.78, 5) is 22.7. The van der Waals surface area contributed by atoms with E-state index in [9.17, 15) is 9.59 Å². The van der Waals surface area contributed by atoms with Crippen molar-refractivity contribution in [1.29, 1.82) is 0 Å². The van der Waals surface area contributed by atoms with Gasteiger partial charge in [-0.1, -0.05) is 23.8 Å². The summed E-state index contributed by atoms with van der Waals surface area (Å²) in [5.74, 6) is 0.161. The van der Waals surface area contributed by atoms with E-state index in [-0.39, 0.29) is 17.3 Å². The fourth-order valence-electron chi connectivity index (χ4n) is 1.93. The summed E-state index contributed by atoms with van der Waals surface area (Å²) < 4.78 is 5.88. The smallest absolute Gasteiger partial charge is 0.305 e. The number of halogens is 1. The van der Waals surface area contributed by atoms with E-state index in [2.05, 4.69) is 0 Å². The third kappa shape index (κ3) is 5.91. The summed E-state index contributed by atoms with van der Waals surface area (Å²) in [6, 6.07) is 10.8. The van der Waals surface area contributed by atoms with Gasteiger partial charge in [-0.3, -0.25) is 14.5 Å². The standard InChI is InChI=1S/C17H15ClN2O4S2/c18-12-3-1-11(2-4-12)14-6-5-13(24-14)9-15(19)26-17(25)20(10-21)8-7-16(22)23/h1-6,9-10H,7-8,19H2,(H,22,23)/b15-9+. The number of nitrogens with zero attached hydrogens (tertiary/aromatic N) is 1. The van der Waals surface area contributed by atoms with E-state index in [0.717, 1.165) is 22.2 Å². The highest BCUT2D eigenvalue weighted by Gasteiger charge is 2.12. The molecule has 0 bridgehead atoms. The summed E-state index contributed by atoms with van der Waals surface area (Å²) in [6.07, 6.45) is 1.86. The van der Waals surface area contributed by atoms with Gasteiger partial charge < -0.3 is 15.3 Å². The van der Waals surface area contributed by atoms with Gasteiger partial charge in [-0.05, 0) is 48.2 Å². The summed E-state index contributed by atoms with van der Waals surface area (Å²) in [7, 11) is 0. The monoisotopic (exact) mass is 410 g/mol. The number of furan rings is 1. The van der Waals surface area contributed by atoms with Crippen molar-refractivity contribution in [2.24, 2.45) is 5.73 Å². The molecule has 2 aromatic rings. The number of benzene rings is 1. The van der Waals surface area contributed by atoms with Crippen LogP contribution in [0.2, 0.25) is 5.02 Å². The highest BCUT2D eigenvalue weighted by Crippen LogP contribution is 2.26.